The molecule has 3 rings (SSSR count). The van der Waals surface area contributed by atoms with E-state index in [4.69, 9.17) is 28.6 Å². The molecule has 50 heavy (non-hydrogen) atoms. The number of rotatable bonds is 23. The molecule has 1 aliphatic rings. The van der Waals surface area contributed by atoms with E-state index in [-0.39, 0.29) is 40.5 Å². The van der Waals surface area contributed by atoms with Gasteiger partial charge in [-0.05, 0) is 112 Å². The van der Waals surface area contributed by atoms with Gasteiger partial charge in [-0.3, -0.25) is 9.68 Å². The highest BCUT2D eigenvalue weighted by Gasteiger charge is 2.47. The molecule has 8 nitrogen and oxygen atoms in total. The van der Waals surface area contributed by atoms with E-state index in [1.807, 2.05) is 12.1 Å². The zero-order chi connectivity index (χ0) is 36.8. The molecule has 1 fully saturated rings. The summed E-state index contributed by atoms with van der Waals surface area (Å²) >= 11 is 0. The molecule has 0 N–H and O–H groups in total. The Morgan fingerprint density at radius 3 is 1.82 bits per heavy atom. The smallest absolute Gasteiger partial charge is 0.102 e. The minimum Gasteiger partial charge on any atom is -0.381 e. The van der Waals surface area contributed by atoms with Gasteiger partial charge in [-0.25, -0.2) is 0 Å². The topological polar surface area (TPSA) is 61.9 Å². The van der Waals surface area contributed by atoms with Crippen LogP contribution in [0, 0.1) is 0 Å². The van der Waals surface area contributed by atoms with Crippen molar-refractivity contribution in [2.45, 2.75) is 149 Å². The largest absolute Gasteiger partial charge is 0.381 e. The lowest BCUT2D eigenvalue weighted by Crippen LogP contribution is -2.62. The maximum atomic E-state index is 6.74. The van der Waals surface area contributed by atoms with E-state index in [0.717, 1.165) is 44.3 Å². The number of nitrogens with zero attached hydrogens (tertiary/aromatic N) is 2. The SMILES string of the molecule is CCCOCCOCC(C)(C)N(OC(C)c1ccccc1)C(C)(C)CCOCCCOC1CC(C)(C)N(OC(C)c2ccccc2)C(C)(C)C1. The van der Waals surface area contributed by atoms with E-state index < -0.39 is 0 Å². The van der Waals surface area contributed by atoms with Gasteiger partial charge in [0, 0.05) is 43.0 Å². The predicted molar refractivity (Wildman–Crippen MR) is 203 cm³/mol. The summed E-state index contributed by atoms with van der Waals surface area (Å²) in [5.41, 5.74) is 1.31. The lowest BCUT2D eigenvalue weighted by molar-refractivity contribution is -0.315. The van der Waals surface area contributed by atoms with Gasteiger partial charge in [0.15, 0.2) is 0 Å². The van der Waals surface area contributed by atoms with Crippen molar-refractivity contribution in [3.05, 3.63) is 71.8 Å². The number of hydrogen-bond donors (Lipinski definition) is 0. The molecule has 8 heteroatoms. The Hall–Kier alpha value is -1.88. The van der Waals surface area contributed by atoms with E-state index in [0.29, 0.717) is 39.6 Å². The van der Waals surface area contributed by atoms with Crippen LogP contribution >= 0.6 is 0 Å². The third kappa shape index (κ3) is 13.3. The standard InChI is InChI=1S/C42H70N2O6/c1-12-25-45-29-30-47-33-42(10,11)43(49-34(2)36-20-15-13-16-21-36)39(4,5)24-28-46-26-19-27-48-38-31-40(6,7)44(41(8,9)32-38)50-35(3)37-22-17-14-18-23-37/h13-18,20-23,34-35,38H,12,19,24-33H2,1-11H3. The van der Waals surface area contributed by atoms with Crippen LogP contribution in [0.4, 0.5) is 0 Å². The van der Waals surface area contributed by atoms with E-state index in [1.165, 1.54) is 5.56 Å². The molecule has 0 saturated carbocycles. The Morgan fingerprint density at radius 1 is 0.700 bits per heavy atom. The molecule has 1 aliphatic heterocycles. The minimum atomic E-state index is -0.382. The molecule has 1 saturated heterocycles. The molecular formula is C42H70N2O6. The lowest BCUT2D eigenvalue weighted by atomic mass is 9.80. The molecule has 284 valence electrons. The molecule has 1 heterocycles. The first-order valence-electron chi connectivity index (χ1n) is 19.0. The van der Waals surface area contributed by atoms with Crippen molar-refractivity contribution < 1.29 is 28.6 Å². The van der Waals surface area contributed by atoms with Gasteiger partial charge in [-0.1, -0.05) is 67.6 Å². The lowest BCUT2D eigenvalue weighted by Gasteiger charge is -2.54. The molecule has 2 atom stereocenters. The van der Waals surface area contributed by atoms with Crippen LogP contribution in [0.15, 0.2) is 60.7 Å². The molecule has 0 spiro atoms. The fourth-order valence-corrected chi connectivity index (χ4v) is 7.25. The molecule has 2 aromatic carbocycles. The fraction of sp³-hybridized carbons (Fsp3) is 0.714. The monoisotopic (exact) mass is 699 g/mol. The van der Waals surface area contributed by atoms with Crippen LogP contribution in [0.25, 0.3) is 0 Å². The summed E-state index contributed by atoms with van der Waals surface area (Å²) < 4.78 is 24.4. The average molecular weight is 699 g/mol. The zero-order valence-corrected chi connectivity index (χ0v) is 33.3. The van der Waals surface area contributed by atoms with E-state index in [1.54, 1.807) is 0 Å². The normalized spacial score (nSPS) is 18.4. The second-order valence-electron chi connectivity index (χ2n) is 16.4. The van der Waals surface area contributed by atoms with Crippen molar-refractivity contribution >= 4 is 0 Å². The van der Waals surface area contributed by atoms with Gasteiger partial charge in [0.25, 0.3) is 0 Å². The highest BCUT2D eigenvalue weighted by molar-refractivity contribution is 5.17. The van der Waals surface area contributed by atoms with E-state index >= 15 is 0 Å². The zero-order valence-electron chi connectivity index (χ0n) is 33.3. The Kier molecular flexibility index (Phi) is 16.9. The van der Waals surface area contributed by atoms with Crippen LogP contribution in [-0.2, 0) is 28.6 Å². The molecule has 0 aromatic heterocycles. The second kappa shape index (κ2) is 19.8. The van der Waals surface area contributed by atoms with Crippen molar-refractivity contribution in [1.29, 1.82) is 0 Å². The summed E-state index contributed by atoms with van der Waals surface area (Å²) in [6.45, 7) is 28.6. The Morgan fingerprint density at radius 2 is 1.24 bits per heavy atom. The highest BCUT2D eigenvalue weighted by atomic mass is 16.7. The second-order valence-corrected chi connectivity index (χ2v) is 16.4. The first kappa shape index (κ1) is 42.5. The number of benzene rings is 2. The average Bonchev–Trinajstić information content (AvgIpc) is 3.06. The van der Waals surface area contributed by atoms with Crippen molar-refractivity contribution in [2.24, 2.45) is 0 Å². The van der Waals surface area contributed by atoms with Crippen molar-refractivity contribution in [3.63, 3.8) is 0 Å². The van der Waals surface area contributed by atoms with Gasteiger partial charge in [0.2, 0.25) is 0 Å². The fourth-order valence-electron chi connectivity index (χ4n) is 7.25. The minimum absolute atomic E-state index is 0.0184. The van der Waals surface area contributed by atoms with E-state index in [9.17, 15) is 0 Å². The summed E-state index contributed by atoms with van der Waals surface area (Å²) in [7, 11) is 0. The van der Waals surface area contributed by atoms with Gasteiger partial charge in [-0.15, -0.1) is 0 Å². The Bertz CT molecular complexity index is 1190. The van der Waals surface area contributed by atoms with Crippen LogP contribution in [0.2, 0.25) is 0 Å². The van der Waals surface area contributed by atoms with Crippen molar-refractivity contribution in [1.82, 2.24) is 10.1 Å². The molecule has 2 aromatic rings. The van der Waals surface area contributed by atoms with Crippen molar-refractivity contribution in [2.75, 3.05) is 46.2 Å². The third-order valence-corrected chi connectivity index (χ3v) is 9.54. The molecule has 0 amide bonds. The molecular weight excluding hydrogens is 628 g/mol. The van der Waals surface area contributed by atoms with E-state index in [2.05, 4.69) is 135 Å². The number of piperidine rings is 1. The molecule has 0 radical (unpaired) electrons. The summed E-state index contributed by atoms with van der Waals surface area (Å²) in [4.78, 5) is 13.3. The van der Waals surface area contributed by atoms with Gasteiger partial charge in [0.1, 0.15) is 12.2 Å². The third-order valence-electron chi connectivity index (χ3n) is 9.54. The van der Waals surface area contributed by atoms with Gasteiger partial charge in [-0.2, -0.15) is 10.1 Å². The first-order chi connectivity index (χ1) is 23.6. The summed E-state index contributed by atoms with van der Waals surface area (Å²) in [6.07, 6.45) is 4.54. The number of hydrogen-bond acceptors (Lipinski definition) is 8. The van der Waals surface area contributed by atoms with Gasteiger partial charge < -0.3 is 18.9 Å². The number of hydroxylamine groups is 4. The molecule has 0 aliphatic carbocycles. The maximum Gasteiger partial charge on any atom is 0.102 e. The Balaban J connectivity index is 1.47. The summed E-state index contributed by atoms with van der Waals surface area (Å²) in [5.74, 6) is 0. The van der Waals surface area contributed by atoms with Crippen LogP contribution in [0.5, 0.6) is 0 Å². The summed E-state index contributed by atoms with van der Waals surface area (Å²) in [5, 5.41) is 4.35. The quantitative estimate of drug-likeness (QED) is 0.0841. The molecule has 0 bridgehead atoms. The van der Waals surface area contributed by atoms with Crippen LogP contribution < -0.4 is 0 Å². The van der Waals surface area contributed by atoms with Crippen LogP contribution in [0.3, 0.4) is 0 Å². The summed E-state index contributed by atoms with van der Waals surface area (Å²) in [6, 6.07) is 20.8. The van der Waals surface area contributed by atoms with Crippen LogP contribution in [-0.4, -0.2) is 84.6 Å². The predicted octanol–water partition coefficient (Wildman–Crippen LogP) is 9.51. The number of ether oxygens (including phenoxy) is 4. The van der Waals surface area contributed by atoms with Crippen molar-refractivity contribution in [3.8, 4) is 0 Å². The van der Waals surface area contributed by atoms with Crippen LogP contribution in [0.1, 0.15) is 132 Å². The molecule has 2 unspecified atom stereocenters. The van der Waals surface area contributed by atoms with Gasteiger partial charge >= 0.3 is 0 Å². The Labute approximate surface area is 305 Å². The first-order valence-corrected chi connectivity index (χ1v) is 19.0. The van der Waals surface area contributed by atoms with Gasteiger partial charge in [0.05, 0.1) is 31.5 Å². The maximum absolute atomic E-state index is 6.74. The highest BCUT2D eigenvalue weighted by Crippen LogP contribution is 2.42.